The van der Waals surface area contributed by atoms with Crippen molar-refractivity contribution in [2.24, 2.45) is 5.90 Å². The van der Waals surface area contributed by atoms with Crippen molar-refractivity contribution in [3.63, 3.8) is 0 Å². The van der Waals surface area contributed by atoms with Crippen LogP contribution >= 0.6 is 12.6 Å². The van der Waals surface area contributed by atoms with Crippen LogP contribution in [-0.4, -0.2) is 12.4 Å². The first-order valence-corrected chi connectivity index (χ1v) is 6.97. The van der Waals surface area contributed by atoms with E-state index in [1.165, 1.54) is 57.8 Å². The molecule has 0 aliphatic heterocycles. The van der Waals surface area contributed by atoms with Gasteiger partial charge in [0.15, 0.2) is 0 Å². The fourth-order valence-electron chi connectivity index (χ4n) is 1.71. The van der Waals surface area contributed by atoms with E-state index >= 15 is 0 Å². The zero-order valence-corrected chi connectivity index (χ0v) is 10.8. The molecule has 2 nitrogen and oxygen atoms in total. The molecular weight excluding hydrogens is 206 g/mol. The van der Waals surface area contributed by atoms with Crippen LogP contribution in [0.3, 0.4) is 0 Å². The number of thiol groups is 1. The van der Waals surface area contributed by atoms with E-state index in [-0.39, 0.29) is 0 Å². The average molecular weight is 233 g/mol. The van der Waals surface area contributed by atoms with Gasteiger partial charge in [-0.25, -0.2) is 5.90 Å². The van der Waals surface area contributed by atoms with Crippen molar-refractivity contribution >= 4 is 12.6 Å². The van der Waals surface area contributed by atoms with Gasteiger partial charge in [-0.1, -0.05) is 51.4 Å². The summed E-state index contributed by atoms with van der Waals surface area (Å²) in [5, 5.41) is 0. The second kappa shape index (κ2) is 14.3. The van der Waals surface area contributed by atoms with Gasteiger partial charge in [-0.2, -0.15) is 12.6 Å². The van der Waals surface area contributed by atoms with Crippen molar-refractivity contribution in [2.45, 2.75) is 64.2 Å². The summed E-state index contributed by atoms with van der Waals surface area (Å²) in [6, 6.07) is 0. The van der Waals surface area contributed by atoms with Gasteiger partial charge in [0.25, 0.3) is 0 Å². The van der Waals surface area contributed by atoms with Gasteiger partial charge in [-0.3, -0.25) is 0 Å². The molecule has 0 heterocycles. The lowest BCUT2D eigenvalue weighted by Crippen LogP contribution is -2.00. The van der Waals surface area contributed by atoms with E-state index < -0.39 is 0 Å². The molecule has 0 atom stereocenters. The molecule has 0 radical (unpaired) electrons. The second-order valence-electron chi connectivity index (χ2n) is 4.13. The molecule has 15 heavy (non-hydrogen) atoms. The molecule has 0 aliphatic carbocycles. The highest BCUT2D eigenvalue weighted by molar-refractivity contribution is 7.80. The maximum atomic E-state index is 4.94. The van der Waals surface area contributed by atoms with Crippen molar-refractivity contribution in [1.29, 1.82) is 0 Å². The van der Waals surface area contributed by atoms with E-state index in [4.69, 9.17) is 5.90 Å². The predicted molar refractivity (Wildman–Crippen MR) is 70.2 cm³/mol. The van der Waals surface area contributed by atoms with Crippen molar-refractivity contribution < 1.29 is 4.84 Å². The predicted octanol–water partition coefficient (Wildman–Crippen LogP) is 3.71. The lowest BCUT2D eigenvalue weighted by Gasteiger charge is -2.01. The Morgan fingerprint density at radius 1 is 0.667 bits per heavy atom. The maximum Gasteiger partial charge on any atom is 0.0679 e. The van der Waals surface area contributed by atoms with E-state index in [1.807, 2.05) is 0 Å². The van der Waals surface area contributed by atoms with Crippen LogP contribution in [0.15, 0.2) is 0 Å². The Kier molecular flexibility index (Phi) is 14.5. The third-order valence-corrected chi connectivity index (χ3v) is 2.99. The molecule has 0 aromatic rings. The minimum atomic E-state index is 0.712. The fraction of sp³-hybridized carbons (Fsp3) is 1.00. The Bertz CT molecular complexity index is 99.8. The maximum absolute atomic E-state index is 4.94. The first-order chi connectivity index (χ1) is 7.41. The third kappa shape index (κ3) is 14.3. The van der Waals surface area contributed by atoms with E-state index in [0.29, 0.717) is 6.61 Å². The Hall–Kier alpha value is 0.270. The van der Waals surface area contributed by atoms with E-state index in [2.05, 4.69) is 17.5 Å². The zero-order chi connectivity index (χ0) is 11.2. The number of unbranched alkanes of at least 4 members (excludes halogenated alkanes) is 9. The molecule has 0 rings (SSSR count). The van der Waals surface area contributed by atoms with Crippen LogP contribution in [0.25, 0.3) is 0 Å². The quantitative estimate of drug-likeness (QED) is 0.306. The van der Waals surface area contributed by atoms with E-state index in [0.717, 1.165) is 12.2 Å². The monoisotopic (exact) mass is 233 g/mol. The van der Waals surface area contributed by atoms with Crippen LogP contribution in [0.2, 0.25) is 0 Å². The van der Waals surface area contributed by atoms with Crippen LogP contribution in [-0.2, 0) is 4.84 Å². The summed E-state index contributed by atoms with van der Waals surface area (Å²) < 4.78 is 0. The normalized spacial score (nSPS) is 10.8. The van der Waals surface area contributed by atoms with Crippen LogP contribution < -0.4 is 5.90 Å². The third-order valence-electron chi connectivity index (χ3n) is 2.67. The number of rotatable bonds is 12. The summed E-state index contributed by atoms with van der Waals surface area (Å²) in [6.07, 6.45) is 13.3. The molecule has 92 valence electrons. The highest BCUT2D eigenvalue weighted by Crippen LogP contribution is 2.10. The lowest BCUT2D eigenvalue weighted by molar-refractivity contribution is 0.133. The molecule has 2 N–H and O–H groups in total. The van der Waals surface area contributed by atoms with Gasteiger partial charge in [0.2, 0.25) is 0 Å². The Morgan fingerprint density at radius 3 is 1.47 bits per heavy atom. The first-order valence-electron chi connectivity index (χ1n) is 6.34. The molecule has 0 spiro atoms. The first kappa shape index (κ1) is 15.3. The summed E-state index contributed by atoms with van der Waals surface area (Å²) in [4.78, 5) is 4.52. The van der Waals surface area contributed by atoms with Gasteiger partial charge in [-0.15, -0.1) is 0 Å². The number of hydrogen-bond donors (Lipinski definition) is 2. The molecule has 0 aromatic heterocycles. The Balaban J connectivity index is 2.81. The lowest BCUT2D eigenvalue weighted by atomic mass is 10.1. The molecule has 0 saturated carbocycles. The highest BCUT2D eigenvalue weighted by atomic mass is 32.1. The molecule has 0 saturated heterocycles. The summed E-state index contributed by atoms with van der Waals surface area (Å²) in [5.74, 6) is 5.99. The molecule has 0 fully saturated rings. The second-order valence-corrected chi connectivity index (χ2v) is 4.58. The standard InChI is InChI=1S/C12H27NOS/c13-14-11-9-7-5-3-1-2-4-6-8-10-12-15/h15H,1-13H2. The van der Waals surface area contributed by atoms with Crippen molar-refractivity contribution in [3.8, 4) is 0 Å². The highest BCUT2D eigenvalue weighted by Gasteiger charge is 1.92. The molecular formula is C12H27NOS. The van der Waals surface area contributed by atoms with Crippen LogP contribution in [0.4, 0.5) is 0 Å². The Labute approximate surface area is 100 Å². The van der Waals surface area contributed by atoms with E-state index in [1.54, 1.807) is 0 Å². The van der Waals surface area contributed by atoms with Crippen LogP contribution in [0, 0.1) is 0 Å². The molecule has 3 heteroatoms. The van der Waals surface area contributed by atoms with Gasteiger partial charge in [0.1, 0.15) is 0 Å². The molecule has 0 aliphatic rings. The van der Waals surface area contributed by atoms with Gasteiger partial charge in [0, 0.05) is 0 Å². The summed E-state index contributed by atoms with van der Waals surface area (Å²) >= 11 is 4.20. The van der Waals surface area contributed by atoms with Gasteiger partial charge < -0.3 is 4.84 Å². The Morgan fingerprint density at radius 2 is 1.07 bits per heavy atom. The summed E-state index contributed by atoms with van der Waals surface area (Å²) in [5.41, 5.74) is 0. The van der Waals surface area contributed by atoms with Crippen molar-refractivity contribution in [1.82, 2.24) is 0 Å². The fourth-order valence-corrected chi connectivity index (χ4v) is 1.94. The van der Waals surface area contributed by atoms with Gasteiger partial charge >= 0.3 is 0 Å². The minimum Gasteiger partial charge on any atom is -0.305 e. The zero-order valence-electron chi connectivity index (χ0n) is 9.92. The number of nitrogens with two attached hydrogens (primary N) is 1. The largest absolute Gasteiger partial charge is 0.305 e. The molecule has 0 aromatic carbocycles. The van der Waals surface area contributed by atoms with Crippen molar-refractivity contribution in [3.05, 3.63) is 0 Å². The minimum absolute atomic E-state index is 0.712. The van der Waals surface area contributed by atoms with Crippen LogP contribution in [0.1, 0.15) is 64.2 Å². The summed E-state index contributed by atoms with van der Waals surface area (Å²) in [6.45, 7) is 0.712. The smallest absolute Gasteiger partial charge is 0.0679 e. The number of hydrogen-bond acceptors (Lipinski definition) is 3. The molecule has 0 amide bonds. The average Bonchev–Trinajstić information content (AvgIpc) is 2.26. The molecule has 0 bridgehead atoms. The van der Waals surface area contributed by atoms with Crippen molar-refractivity contribution in [2.75, 3.05) is 12.4 Å². The van der Waals surface area contributed by atoms with Gasteiger partial charge in [0.05, 0.1) is 6.61 Å². The van der Waals surface area contributed by atoms with Gasteiger partial charge in [-0.05, 0) is 18.6 Å². The SMILES string of the molecule is NOCCCCCCCCCCCCS. The molecule has 0 unspecified atom stereocenters. The van der Waals surface area contributed by atoms with E-state index in [9.17, 15) is 0 Å². The van der Waals surface area contributed by atoms with Crippen LogP contribution in [0.5, 0.6) is 0 Å². The summed E-state index contributed by atoms with van der Waals surface area (Å²) in [7, 11) is 0. The topological polar surface area (TPSA) is 35.2 Å².